The molecule has 150 valence electrons. The average molecular weight is 414 g/mol. The highest BCUT2D eigenvalue weighted by Crippen LogP contribution is 2.45. The largest absolute Gasteiger partial charge is 0.417 e. The van der Waals surface area contributed by atoms with E-state index < -0.39 is 11.7 Å². The topological polar surface area (TPSA) is 65.4 Å². The molecule has 2 aliphatic heterocycles. The maximum absolute atomic E-state index is 12.8. The van der Waals surface area contributed by atoms with Crippen LogP contribution in [0.1, 0.15) is 11.1 Å². The fourth-order valence-corrected chi connectivity index (χ4v) is 4.57. The monoisotopic (exact) mass is 413 g/mol. The Hall–Kier alpha value is -1.97. The molecule has 28 heavy (non-hydrogen) atoms. The number of hydrogen-bond acceptors (Lipinski definition) is 6. The van der Waals surface area contributed by atoms with Crippen LogP contribution in [0.2, 0.25) is 5.02 Å². The number of aromatic nitrogens is 3. The normalized spacial score (nSPS) is 25.3. The third-order valence-corrected chi connectivity index (χ3v) is 5.89. The molecule has 6 nitrogen and oxygen atoms in total. The molecular weight excluding hydrogens is 395 g/mol. The van der Waals surface area contributed by atoms with Gasteiger partial charge in [-0.3, -0.25) is 4.90 Å². The number of rotatable bonds is 4. The van der Waals surface area contributed by atoms with Crippen LogP contribution in [0.15, 0.2) is 31.0 Å². The summed E-state index contributed by atoms with van der Waals surface area (Å²) in [4.78, 5) is 16.1. The van der Waals surface area contributed by atoms with Gasteiger partial charge in [-0.25, -0.2) is 15.0 Å². The number of hydrogen-bond donors (Lipinski definition) is 1. The zero-order valence-electron chi connectivity index (χ0n) is 14.9. The van der Waals surface area contributed by atoms with Gasteiger partial charge in [-0.05, 0) is 12.0 Å². The number of fused-ring (bicyclic) bond motifs is 1. The van der Waals surface area contributed by atoms with Crippen molar-refractivity contribution < 1.29 is 18.3 Å². The standard InChI is InChI=1S/C18H19ClF3N5O/c19-15-1-13(18(20,21)22)4-25-16(15)27-7-14-6-26(8-17(14,9-27)10-28)5-12-2-23-11-24-3-12/h1-4,11,14,28H,5-10H2. The van der Waals surface area contributed by atoms with Crippen molar-refractivity contribution in [3.8, 4) is 0 Å². The average Bonchev–Trinajstić information content (AvgIpc) is 3.15. The Morgan fingerprint density at radius 1 is 1.18 bits per heavy atom. The first kappa shape index (κ1) is 19.4. The van der Waals surface area contributed by atoms with Crippen LogP contribution in [-0.4, -0.2) is 57.7 Å². The van der Waals surface area contributed by atoms with Gasteiger partial charge in [-0.1, -0.05) is 11.6 Å². The Morgan fingerprint density at radius 2 is 1.93 bits per heavy atom. The number of halogens is 4. The first-order chi connectivity index (χ1) is 13.3. The van der Waals surface area contributed by atoms with E-state index in [9.17, 15) is 18.3 Å². The summed E-state index contributed by atoms with van der Waals surface area (Å²) in [5, 5.41) is 10.1. The molecule has 4 rings (SSSR count). The number of nitrogens with zero attached hydrogens (tertiary/aromatic N) is 5. The van der Waals surface area contributed by atoms with Crippen LogP contribution in [0, 0.1) is 11.3 Å². The molecule has 0 radical (unpaired) electrons. The lowest BCUT2D eigenvalue weighted by atomic mass is 9.82. The van der Waals surface area contributed by atoms with Crippen molar-refractivity contribution >= 4 is 17.4 Å². The van der Waals surface area contributed by atoms with E-state index in [1.807, 2.05) is 4.90 Å². The lowest BCUT2D eigenvalue weighted by molar-refractivity contribution is -0.137. The smallest absolute Gasteiger partial charge is 0.396 e. The van der Waals surface area contributed by atoms with Crippen LogP contribution in [-0.2, 0) is 12.7 Å². The number of alkyl halides is 3. The highest BCUT2D eigenvalue weighted by Gasteiger charge is 2.52. The zero-order chi connectivity index (χ0) is 19.9. The summed E-state index contributed by atoms with van der Waals surface area (Å²) >= 11 is 6.11. The predicted molar refractivity (Wildman–Crippen MR) is 96.8 cm³/mol. The minimum atomic E-state index is -4.48. The molecular formula is C18H19ClF3N5O. The summed E-state index contributed by atoms with van der Waals surface area (Å²) in [6, 6.07) is 0.908. The van der Waals surface area contributed by atoms with E-state index in [-0.39, 0.29) is 23.0 Å². The van der Waals surface area contributed by atoms with Crippen LogP contribution in [0.25, 0.3) is 0 Å². The minimum Gasteiger partial charge on any atom is -0.396 e. The van der Waals surface area contributed by atoms with E-state index in [2.05, 4.69) is 19.9 Å². The second-order valence-electron chi connectivity index (χ2n) is 7.54. The summed E-state index contributed by atoms with van der Waals surface area (Å²) in [7, 11) is 0. The summed E-state index contributed by atoms with van der Waals surface area (Å²) in [5.74, 6) is 0.502. The molecule has 2 aromatic rings. The molecule has 0 aliphatic carbocycles. The zero-order valence-corrected chi connectivity index (χ0v) is 15.7. The van der Waals surface area contributed by atoms with Crippen LogP contribution in [0.3, 0.4) is 0 Å². The molecule has 2 aliphatic rings. The van der Waals surface area contributed by atoms with E-state index in [1.165, 1.54) is 6.33 Å². The van der Waals surface area contributed by atoms with Gasteiger partial charge in [0.1, 0.15) is 12.1 Å². The molecule has 2 atom stereocenters. The van der Waals surface area contributed by atoms with E-state index in [0.717, 1.165) is 24.4 Å². The van der Waals surface area contributed by atoms with Gasteiger partial charge < -0.3 is 10.0 Å². The van der Waals surface area contributed by atoms with Gasteiger partial charge in [0.15, 0.2) is 0 Å². The Bertz CT molecular complexity index is 853. The predicted octanol–water partition coefficient (Wildman–Crippen LogP) is 2.47. The Kier molecular flexibility index (Phi) is 4.93. The second-order valence-corrected chi connectivity index (χ2v) is 7.95. The Labute approximate surface area is 165 Å². The van der Waals surface area contributed by atoms with E-state index in [1.54, 1.807) is 12.4 Å². The van der Waals surface area contributed by atoms with Crippen molar-refractivity contribution in [1.29, 1.82) is 0 Å². The maximum atomic E-state index is 12.8. The molecule has 2 aromatic heterocycles. The summed E-state index contributed by atoms with van der Waals surface area (Å²) < 4.78 is 38.5. The van der Waals surface area contributed by atoms with Gasteiger partial charge in [0.25, 0.3) is 0 Å². The van der Waals surface area contributed by atoms with Gasteiger partial charge in [-0.15, -0.1) is 0 Å². The molecule has 0 aromatic carbocycles. The minimum absolute atomic E-state index is 0.00574. The number of aliphatic hydroxyl groups excluding tert-OH is 1. The van der Waals surface area contributed by atoms with Gasteiger partial charge in [-0.2, -0.15) is 13.2 Å². The Balaban J connectivity index is 1.49. The van der Waals surface area contributed by atoms with Crippen LogP contribution in [0.5, 0.6) is 0 Å². The third-order valence-electron chi connectivity index (χ3n) is 5.61. The van der Waals surface area contributed by atoms with Crippen LogP contribution >= 0.6 is 11.6 Å². The number of likely N-dealkylation sites (tertiary alicyclic amines) is 1. The molecule has 10 heteroatoms. The fraction of sp³-hybridized carbons (Fsp3) is 0.500. The molecule has 0 amide bonds. The summed E-state index contributed by atoms with van der Waals surface area (Å²) in [5.41, 5.74) is -0.225. The number of aliphatic hydroxyl groups is 1. The van der Waals surface area contributed by atoms with Crippen molar-refractivity contribution in [1.82, 2.24) is 19.9 Å². The van der Waals surface area contributed by atoms with Gasteiger partial charge >= 0.3 is 6.18 Å². The van der Waals surface area contributed by atoms with Crippen molar-refractivity contribution in [2.24, 2.45) is 11.3 Å². The molecule has 0 bridgehead atoms. The molecule has 2 fully saturated rings. The first-order valence-corrected chi connectivity index (χ1v) is 9.23. The van der Waals surface area contributed by atoms with E-state index in [4.69, 9.17) is 11.6 Å². The molecule has 2 saturated heterocycles. The van der Waals surface area contributed by atoms with Crippen molar-refractivity contribution in [2.75, 3.05) is 37.7 Å². The van der Waals surface area contributed by atoms with Crippen molar-refractivity contribution in [2.45, 2.75) is 12.7 Å². The van der Waals surface area contributed by atoms with E-state index in [0.29, 0.717) is 32.0 Å². The van der Waals surface area contributed by atoms with Gasteiger partial charge in [0.05, 0.1) is 17.2 Å². The molecule has 1 N–H and O–H groups in total. The highest BCUT2D eigenvalue weighted by molar-refractivity contribution is 6.33. The molecule has 4 heterocycles. The SMILES string of the molecule is OCC12CN(Cc3cncnc3)CC1CN(c1ncc(C(F)(F)F)cc1Cl)C2. The molecule has 0 spiro atoms. The highest BCUT2D eigenvalue weighted by atomic mass is 35.5. The van der Waals surface area contributed by atoms with Crippen LogP contribution < -0.4 is 4.90 Å². The summed E-state index contributed by atoms with van der Waals surface area (Å²) in [6.07, 6.45) is 1.35. The third kappa shape index (κ3) is 3.54. The first-order valence-electron chi connectivity index (χ1n) is 8.85. The van der Waals surface area contributed by atoms with Crippen LogP contribution in [0.4, 0.5) is 19.0 Å². The van der Waals surface area contributed by atoms with Crippen molar-refractivity contribution in [3.05, 3.63) is 47.1 Å². The fourth-order valence-electron chi connectivity index (χ4n) is 4.28. The van der Waals surface area contributed by atoms with Crippen molar-refractivity contribution in [3.63, 3.8) is 0 Å². The van der Waals surface area contributed by atoms with Gasteiger partial charge in [0.2, 0.25) is 0 Å². The molecule has 2 unspecified atom stereocenters. The lowest BCUT2D eigenvalue weighted by Gasteiger charge is -2.28. The molecule has 0 saturated carbocycles. The van der Waals surface area contributed by atoms with E-state index >= 15 is 0 Å². The number of pyridine rings is 1. The number of anilines is 1. The Morgan fingerprint density at radius 3 is 2.54 bits per heavy atom. The quantitative estimate of drug-likeness (QED) is 0.830. The second kappa shape index (κ2) is 7.13. The summed E-state index contributed by atoms with van der Waals surface area (Å²) in [6.45, 7) is 3.21. The van der Waals surface area contributed by atoms with Gasteiger partial charge in [0, 0.05) is 62.3 Å². The lowest BCUT2D eigenvalue weighted by Crippen LogP contribution is -2.37. The maximum Gasteiger partial charge on any atom is 0.417 e.